The number of rotatable bonds is 4. The minimum absolute atomic E-state index is 0.00746. The topological polar surface area (TPSA) is 115 Å². The molecule has 150 valence electrons. The second-order valence-corrected chi connectivity index (χ2v) is 7.28. The first-order valence-electron chi connectivity index (χ1n) is 9.78. The van der Waals surface area contributed by atoms with Gasteiger partial charge in [0.1, 0.15) is 5.82 Å². The number of hydrogen-bond donors (Lipinski definition) is 1. The fraction of sp³-hybridized carbons (Fsp3) is 0.611. The van der Waals surface area contributed by atoms with E-state index < -0.39 is 0 Å². The molecule has 2 aromatic rings. The van der Waals surface area contributed by atoms with Crippen LogP contribution in [0.4, 0.5) is 11.8 Å². The number of nitrogens with zero attached hydrogens (tertiary/aromatic N) is 7. The molecule has 2 fully saturated rings. The first-order chi connectivity index (χ1) is 13.6. The Kier molecular flexibility index (Phi) is 5.27. The minimum atomic E-state index is -0.00746. The maximum Gasteiger partial charge on any atom is 0.276 e. The second kappa shape index (κ2) is 7.99. The van der Waals surface area contributed by atoms with Crippen LogP contribution in [-0.2, 0) is 0 Å². The number of nitrogen functional groups attached to an aromatic ring is 1. The molecule has 2 N–H and O–H groups in total. The zero-order valence-corrected chi connectivity index (χ0v) is 16.1. The lowest BCUT2D eigenvalue weighted by Gasteiger charge is -2.32. The molecule has 4 heterocycles. The maximum atomic E-state index is 12.6. The SMILES string of the molecule is COc1cc(N2CCC(n3cc(C(=O)N4CCCCC4)nn3)CC2)nc(N)n1. The third kappa shape index (κ3) is 3.85. The van der Waals surface area contributed by atoms with Crippen LogP contribution in [0, 0.1) is 0 Å². The van der Waals surface area contributed by atoms with Crippen LogP contribution in [-0.4, -0.2) is 69.1 Å². The number of aromatic nitrogens is 5. The summed E-state index contributed by atoms with van der Waals surface area (Å²) in [5.41, 5.74) is 6.21. The molecule has 1 amide bonds. The molecule has 2 aliphatic heterocycles. The molecule has 0 unspecified atom stereocenters. The molecule has 2 saturated heterocycles. The highest BCUT2D eigenvalue weighted by Crippen LogP contribution is 2.27. The van der Waals surface area contributed by atoms with Gasteiger partial charge < -0.3 is 20.3 Å². The van der Waals surface area contributed by atoms with Gasteiger partial charge in [0.05, 0.1) is 19.3 Å². The Morgan fingerprint density at radius 2 is 1.89 bits per heavy atom. The van der Waals surface area contributed by atoms with Crippen LogP contribution in [0.2, 0.25) is 0 Å². The predicted octanol–water partition coefficient (Wildman–Crippen LogP) is 1.13. The van der Waals surface area contributed by atoms with Crippen LogP contribution >= 0.6 is 0 Å². The highest BCUT2D eigenvalue weighted by Gasteiger charge is 2.26. The van der Waals surface area contributed by atoms with Gasteiger partial charge in [-0.1, -0.05) is 5.21 Å². The standard InChI is InChI=1S/C18H26N8O2/c1-28-16-11-15(20-18(19)21-16)24-9-5-13(6-10-24)26-12-14(22-23-26)17(27)25-7-3-2-4-8-25/h11-13H,2-10H2,1H3,(H2,19,20,21). The van der Waals surface area contributed by atoms with Gasteiger partial charge >= 0.3 is 0 Å². The Labute approximate surface area is 163 Å². The minimum Gasteiger partial charge on any atom is -0.481 e. The molecule has 2 aliphatic rings. The maximum absolute atomic E-state index is 12.6. The first kappa shape index (κ1) is 18.5. The zero-order chi connectivity index (χ0) is 19.5. The van der Waals surface area contributed by atoms with E-state index in [9.17, 15) is 4.79 Å². The van der Waals surface area contributed by atoms with Crippen LogP contribution in [0.25, 0.3) is 0 Å². The van der Waals surface area contributed by atoms with E-state index in [4.69, 9.17) is 10.5 Å². The highest BCUT2D eigenvalue weighted by atomic mass is 16.5. The molecular formula is C18H26N8O2. The van der Waals surface area contributed by atoms with E-state index in [0.717, 1.165) is 57.7 Å². The van der Waals surface area contributed by atoms with E-state index in [1.54, 1.807) is 19.4 Å². The molecule has 0 aromatic carbocycles. The van der Waals surface area contributed by atoms with Crippen molar-refractivity contribution in [3.63, 3.8) is 0 Å². The molecule has 0 spiro atoms. The van der Waals surface area contributed by atoms with E-state index in [1.807, 2.05) is 9.58 Å². The van der Waals surface area contributed by atoms with Gasteiger partial charge in [-0.25, -0.2) is 4.68 Å². The largest absolute Gasteiger partial charge is 0.481 e. The van der Waals surface area contributed by atoms with Gasteiger partial charge in [0.25, 0.3) is 5.91 Å². The Bertz CT molecular complexity index is 825. The van der Waals surface area contributed by atoms with Gasteiger partial charge in [-0.05, 0) is 32.1 Å². The molecule has 10 nitrogen and oxygen atoms in total. The van der Waals surface area contributed by atoms with Gasteiger partial charge in [0.2, 0.25) is 11.8 Å². The summed E-state index contributed by atoms with van der Waals surface area (Å²) in [6.45, 7) is 3.24. The van der Waals surface area contributed by atoms with Crippen LogP contribution < -0.4 is 15.4 Å². The monoisotopic (exact) mass is 386 g/mol. The lowest BCUT2D eigenvalue weighted by molar-refractivity contribution is 0.0718. The van der Waals surface area contributed by atoms with Crippen molar-refractivity contribution in [2.24, 2.45) is 0 Å². The number of amides is 1. The number of methoxy groups -OCH3 is 1. The van der Waals surface area contributed by atoms with Crippen LogP contribution in [0.1, 0.15) is 48.6 Å². The number of nitrogens with two attached hydrogens (primary N) is 1. The fourth-order valence-electron chi connectivity index (χ4n) is 3.87. The predicted molar refractivity (Wildman–Crippen MR) is 103 cm³/mol. The molecule has 10 heteroatoms. The summed E-state index contributed by atoms with van der Waals surface area (Å²) in [7, 11) is 1.56. The van der Waals surface area contributed by atoms with E-state index in [0.29, 0.717) is 11.6 Å². The lowest BCUT2D eigenvalue weighted by Crippen LogP contribution is -2.36. The third-order valence-corrected chi connectivity index (χ3v) is 5.45. The number of ether oxygens (including phenoxy) is 1. The van der Waals surface area contributed by atoms with Crippen molar-refractivity contribution in [1.29, 1.82) is 0 Å². The summed E-state index contributed by atoms with van der Waals surface area (Å²) < 4.78 is 7.01. The van der Waals surface area contributed by atoms with Crippen molar-refractivity contribution >= 4 is 17.7 Å². The summed E-state index contributed by atoms with van der Waals surface area (Å²) in [4.78, 5) is 25.0. The van der Waals surface area contributed by atoms with E-state index >= 15 is 0 Å². The Morgan fingerprint density at radius 3 is 2.61 bits per heavy atom. The van der Waals surface area contributed by atoms with Crippen molar-refractivity contribution in [1.82, 2.24) is 29.9 Å². The fourth-order valence-corrected chi connectivity index (χ4v) is 3.87. The summed E-state index contributed by atoms with van der Waals surface area (Å²) >= 11 is 0. The highest BCUT2D eigenvalue weighted by molar-refractivity contribution is 5.91. The van der Waals surface area contributed by atoms with Gasteiger partial charge in [-0.3, -0.25) is 4.79 Å². The summed E-state index contributed by atoms with van der Waals surface area (Å²) in [5.74, 6) is 1.42. The van der Waals surface area contributed by atoms with Crippen molar-refractivity contribution in [3.05, 3.63) is 18.0 Å². The van der Waals surface area contributed by atoms with Crippen LogP contribution in [0.3, 0.4) is 0 Å². The van der Waals surface area contributed by atoms with Gasteiger partial charge in [0, 0.05) is 32.2 Å². The summed E-state index contributed by atoms with van der Waals surface area (Å²) in [6.07, 6.45) is 6.88. The summed E-state index contributed by atoms with van der Waals surface area (Å²) in [6, 6.07) is 2.01. The number of carbonyl (C=O) groups excluding carboxylic acids is 1. The molecule has 28 heavy (non-hydrogen) atoms. The number of piperidine rings is 2. The Balaban J connectivity index is 1.38. The Hall–Kier alpha value is -2.91. The average Bonchev–Trinajstić information content (AvgIpc) is 3.23. The summed E-state index contributed by atoms with van der Waals surface area (Å²) in [5, 5.41) is 8.36. The van der Waals surface area contributed by atoms with Crippen molar-refractivity contribution < 1.29 is 9.53 Å². The third-order valence-electron chi connectivity index (χ3n) is 5.45. The van der Waals surface area contributed by atoms with Crippen LogP contribution in [0.5, 0.6) is 5.88 Å². The number of carbonyl (C=O) groups is 1. The van der Waals surface area contributed by atoms with Crippen molar-refractivity contribution in [2.75, 3.05) is 43.9 Å². The molecule has 4 rings (SSSR count). The molecule has 0 bridgehead atoms. The van der Waals surface area contributed by atoms with Gasteiger partial charge in [0.15, 0.2) is 5.69 Å². The molecular weight excluding hydrogens is 360 g/mol. The van der Waals surface area contributed by atoms with Crippen molar-refractivity contribution in [3.8, 4) is 5.88 Å². The first-order valence-corrected chi connectivity index (χ1v) is 9.78. The molecule has 0 aliphatic carbocycles. The normalized spacial score (nSPS) is 18.3. The average molecular weight is 386 g/mol. The lowest BCUT2D eigenvalue weighted by atomic mass is 10.1. The molecule has 0 saturated carbocycles. The van der Waals surface area contributed by atoms with Crippen LogP contribution in [0.15, 0.2) is 12.3 Å². The quantitative estimate of drug-likeness (QED) is 0.831. The number of likely N-dealkylation sites (tertiary alicyclic amines) is 1. The zero-order valence-electron chi connectivity index (χ0n) is 16.1. The van der Waals surface area contributed by atoms with Gasteiger partial charge in [-0.2, -0.15) is 9.97 Å². The molecule has 2 aromatic heterocycles. The smallest absolute Gasteiger partial charge is 0.276 e. The van der Waals surface area contributed by atoms with E-state index in [1.165, 1.54) is 6.42 Å². The van der Waals surface area contributed by atoms with E-state index in [2.05, 4.69) is 25.2 Å². The molecule has 0 radical (unpaired) electrons. The molecule has 0 atom stereocenters. The van der Waals surface area contributed by atoms with E-state index in [-0.39, 0.29) is 17.9 Å². The van der Waals surface area contributed by atoms with Gasteiger partial charge in [-0.15, -0.1) is 5.10 Å². The van der Waals surface area contributed by atoms with Crippen molar-refractivity contribution in [2.45, 2.75) is 38.1 Å². The second-order valence-electron chi connectivity index (χ2n) is 7.28. The number of anilines is 2. The Morgan fingerprint density at radius 1 is 1.14 bits per heavy atom. The number of hydrogen-bond acceptors (Lipinski definition) is 8.